The lowest BCUT2D eigenvalue weighted by Crippen LogP contribution is -2.35. The number of allylic oxidation sites excluding steroid dienone is 2. The Labute approximate surface area is 101 Å². The Morgan fingerprint density at radius 3 is 3.00 bits per heavy atom. The fraction of sp³-hybridized carbons (Fsp3) is 0.385. The van der Waals surface area contributed by atoms with Crippen LogP contribution in [0.5, 0.6) is 0 Å². The van der Waals surface area contributed by atoms with Crippen LogP contribution in [0, 0.1) is 0 Å². The highest BCUT2D eigenvalue weighted by Gasteiger charge is 2.33. The predicted molar refractivity (Wildman–Crippen MR) is 63.4 cm³/mol. The van der Waals surface area contributed by atoms with Crippen molar-refractivity contribution >= 4 is 12.3 Å². The molecule has 92 valence electrons. The fourth-order valence-electron chi connectivity index (χ4n) is 1.53. The molecule has 1 atom stereocenters. The normalized spacial score (nSPS) is 22.8. The summed E-state index contributed by atoms with van der Waals surface area (Å²) >= 11 is 0. The van der Waals surface area contributed by atoms with Gasteiger partial charge in [-0.25, -0.2) is 4.79 Å². The Balaban J connectivity index is 2.78. The number of hydrogen-bond donors (Lipinski definition) is 0. The van der Waals surface area contributed by atoms with Crippen molar-refractivity contribution in [2.45, 2.75) is 18.9 Å². The molecule has 4 heteroatoms. The van der Waals surface area contributed by atoms with Crippen LogP contribution in [0.25, 0.3) is 0 Å². The van der Waals surface area contributed by atoms with Crippen LogP contribution in [0.2, 0.25) is 0 Å². The SMILES string of the molecule is C=CCOC1(C=O)C=CC=C(C(=O)OCC)C1. The molecule has 0 saturated carbocycles. The quantitative estimate of drug-likeness (QED) is 0.399. The zero-order valence-electron chi connectivity index (χ0n) is 9.85. The summed E-state index contributed by atoms with van der Waals surface area (Å²) in [5.74, 6) is -0.412. The summed E-state index contributed by atoms with van der Waals surface area (Å²) in [6, 6.07) is 0. The van der Waals surface area contributed by atoms with E-state index in [1.807, 2.05) is 0 Å². The van der Waals surface area contributed by atoms with Gasteiger partial charge in [-0.15, -0.1) is 6.58 Å². The smallest absolute Gasteiger partial charge is 0.334 e. The fourth-order valence-corrected chi connectivity index (χ4v) is 1.53. The summed E-state index contributed by atoms with van der Waals surface area (Å²) in [7, 11) is 0. The summed E-state index contributed by atoms with van der Waals surface area (Å²) in [6.07, 6.45) is 7.34. The summed E-state index contributed by atoms with van der Waals surface area (Å²) in [6.45, 7) is 5.81. The molecule has 0 fully saturated rings. The highest BCUT2D eigenvalue weighted by Crippen LogP contribution is 2.26. The van der Waals surface area contributed by atoms with E-state index in [9.17, 15) is 9.59 Å². The van der Waals surface area contributed by atoms with Gasteiger partial charge in [-0.05, 0) is 13.0 Å². The molecule has 0 N–H and O–H groups in total. The van der Waals surface area contributed by atoms with Crippen LogP contribution in [0.15, 0.2) is 36.5 Å². The van der Waals surface area contributed by atoms with E-state index in [1.165, 1.54) is 0 Å². The van der Waals surface area contributed by atoms with Gasteiger partial charge in [0.05, 0.1) is 13.2 Å². The summed E-state index contributed by atoms with van der Waals surface area (Å²) in [5, 5.41) is 0. The second-order valence-electron chi connectivity index (χ2n) is 3.62. The van der Waals surface area contributed by atoms with Gasteiger partial charge in [0.1, 0.15) is 5.60 Å². The van der Waals surface area contributed by atoms with Gasteiger partial charge in [-0.2, -0.15) is 0 Å². The molecule has 4 nitrogen and oxygen atoms in total. The lowest BCUT2D eigenvalue weighted by molar-refractivity contribution is -0.139. The van der Waals surface area contributed by atoms with Gasteiger partial charge in [0.25, 0.3) is 0 Å². The predicted octanol–water partition coefficient (Wildman–Crippen LogP) is 1.58. The maximum absolute atomic E-state index is 11.6. The van der Waals surface area contributed by atoms with Crippen molar-refractivity contribution in [1.29, 1.82) is 0 Å². The minimum atomic E-state index is -1.08. The molecule has 1 aliphatic rings. The zero-order chi connectivity index (χ0) is 12.7. The van der Waals surface area contributed by atoms with E-state index in [-0.39, 0.29) is 13.0 Å². The van der Waals surface area contributed by atoms with Gasteiger partial charge in [0, 0.05) is 12.0 Å². The molecule has 0 spiro atoms. The maximum atomic E-state index is 11.6. The van der Waals surface area contributed by atoms with E-state index in [0.29, 0.717) is 18.5 Å². The van der Waals surface area contributed by atoms with Crippen LogP contribution < -0.4 is 0 Å². The van der Waals surface area contributed by atoms with Crippen LogP contribution in [-0.2, 0) is 19.1 Å². The van der Waals surface area contributed by atoms with Crippen LogP contribution >= 0.6 is 0 Å². The lowest BCUT2D eigenvalue weighted by atomic mass is 9.91. The molecule has 0 aromatic heterocycles. The topological polar surface area (TPSA) is 52.6 Å². The standard InChI is InChI=1S/C13H16O4/c1-3-8-17-13(10-14)7-5-6-11(9-13)12(15)16-4-2/h3,5-7,10H,1,4,8-9H2,2H3. The first kappa shape index (κ1) is 13.4. The van der Waals surface area contributed by atoms with E-state index >= 15 is 0 Å². The minimum Gasteiger partial charge on any atom is -0.463 e. The second-order valence-corrected chi connectivity index (χ2v) is 3.62. The van der Waals surface area contributed by atoms with E-state index in [0.717, 1.165) is 0 Å². The molecule has 1 rings (SSSR count). The second kappa shape index (κ2) is 6.15. The van der Waals surface area contributed by atoms with Gasteiger partial charge >= 0.3 is 5.97 Å². The Kier molecular flexibility index (Phi) is 4.84. The molecule has 0 amide bonds. The average Bonchev–Trinajstić information content (AvgIpc) is 2.37. The zero-order valence-corrected chi connectivity index (χ0v) is 9.85. The van der Waals surface area contributed by atoms with Gasteiger partial charge in [0.2, 0.25) is 0 Å². The third-order valence-corrected chi connectivity index (χ3v) is 2.35. The van der Waals surface area contributed by atoms with Crippen LogP contribution in [-0.4, -0.2) is 31.1 Å². The molecule has 0 aromatic rings. The Morgan fingerprint density at radius 1 is 1.65 bits per heavy atom. The number of ether oxygens (including phenoxy) is 2. The number of carbonyl (C=O) groups excluding carboxylic acids is 2. The van der Waals surface area contributed by atoms with Crippen molar-refractivity contribution < 1.29 is 19.1 Å². The molecule has 0 radical (unpaired) electrons. The Bertz CT molecular complexity index is 368. The highest BCUT2D eigenvalue weighted by molar-refractivity contribution is 5.90. The molecular formula is C13H16O4. The molecule has 17 heavy (non-hydrogen) atoms. The van der Waals surface area contributed by atoms with E-state index in [4.69, 9.17) is 9.47 Å². The molecule has 0 heterocycles. The number of hydrogen-bond acceptors (Lipinski definition) is 4. The molecule has 0 aromatic carbocycles. The molecule has 1 aliphatic carbocycles. The van der Waals surface area contributed by atoms with Crippen LogP contribution in [0.1, 0.15) is 13.3 Å². The first-order valence-electron chi connectivity index (χ1n) is 5.44. The van der Waals surface area contributed by atoms with Crippen molar-refractivity contribution in [3.8, 4) is 0 Å². The summed E-state index contributed by atoms with van der Waals surface area (Å²) < 4.78 is 10.3. The Hall–Kier alpha value is -1.68. The van der Waals surface area contributed by atoms with Crippen molar-refractivity contribution in [1.82, 2.24) is 0 Å². The highest BCUT2D eigenvalue weighted by atomic mass is 16.5. The number of esters is 1. The van der Waals surface area contributed by atoms with Crippen molar-refractivity contribution in [3.05, 3.63) is 36.5 Å². The first-order valence-corrected chi connectivity index (χ1v) is 5.44. The van der Waals surface area contributed by atoms with Crippen molar-refractivity contribution in [2.75, 3.05) is 13.2 Å². The molecule has 0 saturated heterocycles. The molecular weight excluding hydrogens is 220 g/mol. The number of rotatable bonds is 6. The monoisotopic (exact) mass is 236 g/mol. The first-order chi connectivity index (χ1) is 8.17. The largest absolute Gasteiger partial charge is 0.463 e. The number of aldehydes is 1. The molecule has 0 bridgehead atoms. The van der Waals surface area contributed by atoms with Gasteiger partial charge in [-0.3, -0.25) is 4.79 Å². The van der Waals surface area contributed by atoms with Crippen molar-refractivity contribution in [3.63, 3.8) is 0 Å². The van der Waals surface area contributed by atoms with Gasteiger partial charge < -0.3 is 9.47 Å². The van der Waals surface area contributed by atoms with Crippen LogP contribution in [0.3, 0.4) is 0 Å². The molecule has 1 unspecified atom stereocenters. The third-order valence-electron chi connectivity index (χ3n) is 2.35. The maximum Gasteiger partial charge on any atom is 0.334 e. The molecule has 0 aliphatic heterocycles. The summed E-state index contributed by atoms with van der Waals surface area (Å²) in [5.41, 5.74) is -0.643. The van der Waals surface area contributed by atoms with Gasteiger partial charge in [0.15, 0.2) is 6.29 Å². The van der Waals surface area contributed by atoms with Gasteiger partial charge in [-0.1, -0.05) is 18.2 Å². The average molecular weight is 236 g/mol. The van der Waals surface area contributed by atoms with E-state index in [2.05, 4.69) is 6.58 Å². The van der Waals surface area contributed by atoms with Crippen LogP contribution in [0.4, 0.5) is 0 Å². The van der Waals surface area contributed by atoms with Crippen molar-refractivity contribution in [2.24, 2.45) is 0 Å². The third kappa shape index (κ3) is 3.39. The number of carbonyl (C=O) groups is 2. The Morgan fingerprint density at radius 2 is 2.41 bits per heavy atom. The van der Waals surface area contributed by atoms with E-state index in [1.54, 1.807) is 31.2 Å². The minimum absolute atomic E-state index is 0.194. The summed E-state index contributed by atoms with van der Waals surface area (Å²) in [4.78, 5) is 22.7. The van der Waals surface area contributed by atoms with E-state index < -0.39 is 11.6 Å². The lowest BCUT2D eigenvalue weighted by Gasteiger charge is -2.27.